The van der Waals surface area contributed by atoms with E-state index in [0.717, 1.165) is 11.3 Å². The molecule has 0 aliphatic carbocycles. The third kappa shape index (κ3) is 3.14. The molecule has 1 aromatic carbocycles. The zero-order chi connectivity index (χ0) is 13.8. The van der Waals surface area contributed by atoms with Crippen molar-refractivity contribution < 1.29 is 19.1 Å². The number of allylic oxidation sites excluding steroid dienone is 1. The van der Waals surface area contributed by atoms with Gasteiger partial charge in [0.15, 0.2) is 5.78 Å². The van der Waals surface area contributed by atoms with Crippen molar-refractivity contribution in [3.05, 3.63) is 63.6 Å². The van der Waals surface area contributed by atoms with E-state index in [9.17, 15) is 19.1 Å². The van der Waals surface area contributed by atoms with E-state index >= 15 is 0 Å². The van der Waals surface area contributed by atoms with E-state index in [0.29, 0.717) is 5.56 Å². The highest BCUT2D eigenvalue weighted by molar-refractivity contribution is 7.16. The molecule has 0 saturated carbocycles. The molecule has 19 heavy (non-hydrogen) atoms. The summed E-state index contributed by atoms with van der Waals surface area (Å²) in [5.74, 6) is -2.11. The highest BCUT2D eigenvalue weighted by Crippen LogP contribution is 2.17. The molecule has 2 rings (SSSR count). The molecule has 0 bridgehead atoms. The van der Waals surface area contributed by atoms with Crippen LogP contribution in [0.3, 0.4) is 0 Å². The van der Waals surface area contributed by atoms with Gasteiger partial charge in [-0.1, -0.05) is 18.2 Å². The highest BCUT2D eigenvalue weighted by Gasteiger charge is 2.07. The van der Waals surface area contributed by atoms with Crippen LogP contribution < -0.4 is 5.11 Å². The largest absolute Gasteiger partial charge is 0.544 e. The van der Waals surface area contributed by atoms with Crippen molar-refractivity contribution in [3.63, 3.8) is 0 Å². The van der Waals surface area contributed by atoms with Crippen LogP contribution in [-0.2, 0) is 0 Å². The molecule has 96 valence electrons. The minimum Gasteiger partial charge on any atom is -0.544 e. The van der Waals surface area contributed by atoms with Crippen molar-refractivity contribution in [3.8, 4) is 0 Å². The number of carbonyl (C=O) groups is 2. The summed E-state index contributed by atoms with van der Waals surface area (Å²) in [5, 5.41) is 10.6. The number of hydrogen-bond acceptors (Lipinski definition) is 4. The molecule has 0 aliphatic rings. The average Bonchev–Trinajstić information content (AvgIpc) is 2.87. The lowest BCUT2D eigenvalue weighted by Crippen LogP contribution is -2.20. The van der Waals surface area contributed by atoms with Crippen LogP contribution in [0.2, 0.25) is 0 Å². The summed E-state index contributed by atoms with van der Waals surface area (Å²) in [5.41, 5.74) is 0.299. The zero-order valence-corrected chi connectivity index (χ0v) is 10.4. The Morgan fingerprint density at radius 3 is 2.42 bits per heavy atom. The van der Waals surface area contributed by atoms with Crippen molar-refractivity contribution in [2.75, 3.05) is 0 Å². The second-order valence-electron chi connectivity index (χ2n) is 3.67. The third-order valence-corrected chi connectivity index (χ3v) is 3.45. The minimum atomic E-state index is -1.32. The van der Waals surface area contributed by atoms with Crippen molar-refractivity contribution in [1.29, 1.82) is 0 Å². The molecule has 0 aliphatic heterocycles. The Morgan fingerprint density at radius 1 is 1.11 bits per heavy atom. The van der Waals surface area contributed by atoms with Gasteiger partial charge in [-0.2, -0.15) is 0 Å². The van der Waals surface area contributed by atoms with Gasteiger partial charge in [0.05, 0.1) is 15.7 Å². The molecular weight excluding hydrogens is 267 g/mol. The number of carbonyl (C=O) groups excluding carboxylic acids is 2. The molecule has 2 aromatic rings. The fourth-order valence-electron chi connectivity index (χ4n) is 1.44. The number of halogens is 1. The van der Waals surface area contributed by atoms with Crippen LogP contribution in [0.15, 0.2) is 42.5 Å². The van der Waals surface area contributed by atoms with Crippen LogP contribution in [0.4, 0.5) is 4.39 Å². The van der Waals surface area contributed by atoms with Crippen LogP contribution >= 0.6 is 11.3 Å². The van der Waals surface area contributed by atoms with E-state index in [4.69, 9.17) is 0 Å². The van der Waals surface area contributed by atoms with Crippen molar-refractivity contribution in [1.82, 2.24) is 0 Å². The number of carboxylic acid groups (broad SMARTS) is 1. The molecule has 3 nitrogen and oxygen atoms in total. The molecule has 0 amide bonds. The SMILES string of the molecule is O=C([O-])c1ccc(C(=O)/C=C/c2ccccc2F)s1. The summed E-state index contributed by atoms with van der Waals surface area (Å²) in [6.07, 6.45) is 2.57. The Bertz CT molecular complexity index is 658. The Labute approximate surface area is 112 Å². The molecule has 0 unspecified atom stereocenters. The van der Waals surface area contributed by atoms with Crippen LogP contribution in [0.5, 0.6) is 0 Å². The van der Waals surface area contributed by atoms with Crippen LogP contribution in [-0.4, -0.2) is 11.8 Å². The summed E-state index contributed by atoms with van der Waals surface area (Å²) >= 11 is 0.832. The first-order valence-corrected chi connectivity index (χ1v) is 6.17. The van der Waals surface area contributed by atoms with E-state index < -0.39 is 11.8 Å². The van der Waals surface area contributed by atoms with Gasteiger partial charge in [0.2, 0.25) is 0 Å². The molecule has 0 atom stereocenters. The van der Waals surface area contributed by atoms with E-state index in [2.05, 4.69) is 0 Å². The molecule has 0 saturated heterocycles. The Morgan fingerprint density at radius 2 is 1.79 bits per heavy atom. The van der Waals surface area contributed by atoms with Crippen LogP contribution in [0, 0.1) is 5.82 Å². The van der Waals surface area contributed by atoms with E-state index in [1.54, 1.807) is 18.2 Å². The predicted molar refractivity (Wildman–Crippen MR) is 68.4 cm³/mol. The Balaban J connectivity index is 2.17. The monoisotopic (exact) mass is 275 g/mol. The fraction of sp³-hybridized carbons (Fsp3) is 0. The molecule has 0 radical (unpaired) electrons. The third-order valence-electron chi connectivity index (χ3n) is 2.37. The summed E-state index contributed by atoms with van der Waals surface area (Å²) < 4.78 is 13.3. The maximum Gasteiger partial charge on any atom is 0.195 e. The van der Waals surface area contributed by atoms with Gasteiger partial charge in [0, 0.05) is 5.56 Å². The average molecular weight is 275 g/mol. The second kappa shape index (κ2) is 5.58. The molecule has 0 N–H and O–H groups in total. The first kappa shape index (κ1) is 13.2. The van der Waals surface area contributed by atoms with Crippen molar-refractivity contribution in [2.45, 2.75) is 0 Å². The quantitative estimate of drug-likeness (QED) is 0.634. The Kier molecular flexibility index (Phi) is 3.87. The lowest BCUT2D eigenvalue weighted by Gasteiger charge is -1.95. The number of benzene rings is 1. The number of ketones is 1. The number of aromatic carboxylic acids is 1. The maximum absolute atomic E-state index is 13.3. The molecule has 0 spiro atoms. The summed E-state index contributed by atoms with van der Waals surface area (Å²) in [6, 6.07) is 8.77. The summed E-state index contributed by atoms with van der Waals surface area (Å²) in [4.78, 5) is 22.6. The number of rotatable bonds is 4. The van der Waals surface area contributed by atoms with Gasteiger partial charge in [-0.3, -0.25) is 4.79 Å². The topological polar surface area (TPSA) is 57.2 Å². The van der Waals surface area contributed by atoms with E-state index in [-0.39, 0.29) is 15.5 Å². The smallest absolute Gasteiger partial charge is 0.195 e. The van der Waals surface area contributed by atoms with Gasteiger partial charge in [0.1, 0.15) is 5.82 Å². The van der Waals surface area contributed by atoms with Crippen molar-refractivity contribution >= 4 is 29.2 Å². The van der Waals surface area contributed by atoms with Crippen LogP contribution in [0.25, 0.3) is 6.08 Å². The van der Waals surface area contributed by atoms with E-state index in [1.165, 1.54) is 30.4 Å². The fourth-order valence-corrected chi connectivity index (χ4v) is 2.20. The normalized spacial score (nSPS) is 10.8. The van der Waals surface area contributed by atoms with Gasteiger partial charge < -0.3 is 9.90 Å². The molecular formula is C14H8FO3S-. The summed E-state index contributed by atoms with van der Waals surface area (Å²) in [6.45, 7) is 0. The number of hydrogen-bond donors (Lipinski definition) is 0. The first-order valence-electron chi connectivity index (χ1n) is 5.36. The molecule has 0 fully saturated rings. The Hall–Kier alpha value is -2.27. The zero-order valence-electron chi connectivity index (χ0n) is 9.63. The lowest BCUT2D eigenvalue weighted by molar-refractivity contribution is -0.254. The van der Waals surface area contributed by atoms with Gasteiger partial charge >= 0.3 is 0 Å². The molecule has 1 aromatic heterocycles. The highest BCUT2D eigenvalue weighted by atomic mass is 32.1. The minimum absolute atomic E-state index is 0.0114. The summed E-state index contributed by atoms with van der Waals surface area (Å²) in [7, 11) is 0. The second-order valence-corrected chi connectivity index (χ2v) is 4.75. The van der Waals surface area contributed by atoms with Gasteiger partial charge in [-0.05, 0) is 30.4 Å². The maximum atomic E-state index is 13.3. The lowest BCUT2D eigenvalue weighted by atomic mass is 10.2. The number of carboxylic acids is 1. The van der Waals surface area contributed by atoms with Gasteiger partial charge in [0.25, 0.3) is 0 Å². The van der Waals surface area contributed by atoms with Gasteiger partial charge in [-0.15, -0.1) is 11.3 Å². The van der Waals surface area contributed by atoms with E-state index in [1.807, 2.05) is 0 Å². The van der Waals surface area contributed by atoms with Crippen molar-refractivity contribution in [2.24, 2.45) is 0 Å². The molecule has 1 heterocycles. The predicted octanol–water partition coefficient (Wildman–Crippen LogP) is 2.15. The standard InChI is InChI=1S/C14H9FO3S/c15-10-4-2-1-3-9(10)5-6-11(16)12-7-8-13(19-12)14(17)18/h1-8H,(H,17,18)/p-1/b6-5+. The van der Waals surface area contributed by atoms with Gasteiger partial charge in [-0.25, -0.2) is 4.39 Å². The first-order chi connectivity index (χ1) is 9.08. The molecule has 5 heteroatoms. The van der Waals surface area contributed by atoms with Crippen LogP contribution in [0.1, 0.15) is 24.9 Å². The number of thiophene rings is 1.